The molecule has 0 saturated carbocycles. The number of rotatable bonds is 0. The molecule has 2 rings (SSSR count). The van der Waals surface area contributed by atoms with E-state index in [1.165, 1.54) is 16.7 Å². The molecule has 17 heavy (non-hydrogen) atoms. The van der Waals surface area contributed by atoms with Crippen molar-refractivity contribution in [2.75, 3.05) is 0 Å². The van der Waals surface area contributed by atoms with Gasteiger partial charge in [0.25, 0.3) is 0 Å². The van der Waals surface area contributed by atoms with Gasteiger partial charge in [-0.05, 0) is 28.5 Å². The minimum Gasteiger partial charge on any atom is -0.299 e. The van der Waals surface area contributed by atoms with Crippen LogP contribution in [0.1, 0.15) is 57.7 Å². The van der Waals surface area contributed by atoms with Gasteiger partial charge >= 0.3 is 0 Å². The van der Waals surface area contributed by atoms with Crippen LogP contribution in [0.5, 0.6) is 0 Å². The Morgan fingerprint density at radius 1 is 1.00 bits per heavy atom. The zero-order valence-electron chi connectivity index (χ0n) is 11.8. The fourth-order valence-corrected chi connectivity index (χ4v) is 2.08. The molecule has 0 saturated heterocycles. The van der Waals surface area contributed by atoms with Gasteiger partial charge in [-0.15, -0.1) is 0 Å². The number of carbonyl (C=O) groups excluding carboxylic acids is 1. The highest BCUT2D eigenvalue weighted by atomic mass is 16.1. The maximum Gasteiger partial charge on any atom is 0.137 e. The second-order valence-electron chi connectivity index (χ2n) is 5.45. The van der Waals surface area contributed by atoms with Gasteiger partial charge in [0.15, 0.2) is 0 Å². The molecule has 0 spiro atoms. The first kappa shape index (κ1) is 14.0. The second-order valence-corrected chi connectivity index (χ2v) is 5.45. The van der Waals surface area contributed by atoms with E-state index in [1.807, 2.05) is 13.8 Å². The molecule has 1 aliphatic rings. The summed E-state index contributed by atoms with van der Waals surface area (Å²) >= 11 is 0. The molecule has 0 amide bonds. The van der Waals surface area contributed by atoms with Crippen LogP contribution < -0.4 is 0 Å². The molecule has 0 aliphatic heterocycles. The van der Waals surface area contributed by atoms with Gasteiger partial charge in [-0.3, -0.25) is 4.79 Å². The molecule has 0 bridgehead atoms. The molecule has 1 aromatic rings. The Morgan fingerprint density at radius 2 is 1.65 bits per heavy atom. The third-order valence-corrected chi connectivity index (χ3v) is 3.13. The van der Waals surface area contributed by atoms with E-state index in [0.717, 1.165) is 12.8 Å². The molecule has 1 nitrogen and oxygen atoms in total. The van der Waals surface area contributed by atoms with E-state index in [1.54, 1.807) is 0 Å². The first-order chi connectivity index (χ1) is 7.97. The van der Waals surface area contributed by atoms with Crippen molar-refractivity contribution in [3.8, 4) is 0 Å². The minimum atomic E-state index is 0.176. The lowest BCUT2D eigenvalue weighted by molar-refractivity contribution is -0.118. The van der Waals surface area contributed by atoms with E-state index < -0.39 is 0 Å². The Morgan fingerprint density at radius 3 is 2.24 bits per heavy atom. The standard InChI is InChI=1S/C14H18O.C2H6/c1-14(2,3)12-6-4-10-5-7-13(15)9-11(10)8-12;1-2/h4,6,8H,5,7,9H2,1-3H3;1-2H3. The van der Waals surface area contributed by atoms with Crippen LogP contribution in [0.2, 0.25) is 0 Å². The molecule has 0 radical (unpaired) electrons. The van der Waals surface area contributed by atoms with E-state index in [2.05, 4.69) is 39.0 Å². The number of Topliss-reactive ketones (excluding diaryl/α,β-unsaturated/α-hetero) is 1. The van der Waals surface area contributed by atoms with Gasteiger partial charge in [-0.2, -0.15) is 0 Å². The summed E-state index contributed by atoms with van der Waals surface area (Å²) in [6, 6.07) is 6.61. The molecular weight excluding hydrogens is 208 g/mol. The van der Waals surface area contributed by atoms with Crippen molar-refractivity contribution < 1.29 is 4.79 Å². The third kappa shape index (κ3) is 3.42. The van der Waals surface area contributed by atoms with E-state index >= 15 is 0 Å². The molecule has 1 aromatic carbocycles. The SMILES string of the molecule is CC.CC(C)(C)c1ccc2c(c1)CC(=O)CC2. The first-order valence-electron chi connectivity index (χ1n) is 6.61. The monoisotopic (exact) mass is 232 g/mol. The Kier molecular flexibility index (Phi) is 4.50. The Hall–Kier alpha value is -1.11. The summed E-state index contributed by atoms with van der Waals surface area (Å²) in [6.45, 7) is 10.6. The average Bonchev–Trinajstić information content (AvgIpc) is 2.29. The van der Waals surface area contributed by atoms with Crippen molar-refractivity contribution in [3.05, 3.63) is 34.9 Å². The summed E-state index contributed by atoms with van der Waals surface area (Å²) in [5, 5.41) is 0. The van der Waals surface area contributed by atoms with Crippen LogP contribution >= 0.6 is 0 Å². The summed E-state index contributed by atoms with van der Waals surface area (Å²) in [5.74, 6) is 0.383. The Bertz CT molecular complexity index is 396. The average molecular weight is 232 g/mol. The Balaban J connectivity index is 0.000000686. The molecule has 1 aliphatic carbocycles. The van der Waals surface area contributed by atoms with Gasteiger partial charge in [0, 0.05) is 12.8 Å². The number of ketones is 1. The summed E-state index contributed by atoms with van der Waals surface area (Å²) in [6.07, 6.45) is 2.29. The maximum atomic E-state index is 11.4. The quantitative estimate of drug-likeness (QED) is 0.659. The van der Waals surface area contributed by atoms with Gasteiger partial charge in [0.05, 0.1) is 0 Å². The predicted molar refractivity (Wildman–Crippen MR) is 73.5 cm³/mol. The van der Waals surface area contributed by atoms with Crippen LogP contribution in [0.4, 0.5) is 0 Å². The predicted octanol–water partition coefficient (Wildman–Crippen LogP) is 4.07. The number of hydrogen-bond donors (Lipinski definition) is 0. The molecule has 0 aromatic heterocycles. The van der Waals surface area contributed by atoms with Gasteiger partial charge in [0.1, 0.15) is 5.78 Å². The van der Waals surface area contributed by atoms with Gasteiger partial charge in [-0.25, -0.2) is 0 Å². The van der Waals surface area contributed by atoms with E-state index in [0.29, 0.717) is 12.2 Å². The van der Waals surface area contributed by atoms with E-state index in [4.69, 9.17) is 0 Å². The van der Waals surface area contributed by atoms with Gasteiger partial charge in [-0.1, -0.05) is 52.8 Å². The van der Waals surface area contributed by atoms with Crippen LogP contribution in [0, 0.1) is 0 Å². The van der Waals surface area contributed by atoms with E-state index in [9.17, 15) is 4.79 Å². The van der Waals surface area contributed by atoms with Crippen LogP contribution in [0.25, 0.3) is 0 Å². The van der Waals surface area contributed by atoms with E-state index in [-0.39, 0.29) is 5.41 Å². The highest BCUT2D eigenvalue weighted by Gasteiger charge is 2.19. The van der Waals surface area contributed by atoms with Crippen molar-refractivity contribution in [3.63, 3.8) is 0 Å². The van der Waals surface area contributed by atoms with Crippen LogP contribution in [0.3, 0.4) is 0 Å². The fourth-order valence-electron chi connectivity index (χ4n) is 2.08. The zero-order valence-corrected chi connectivity index (χ0v) is 11.8. The molecule has 1 heteroatoms. The van der Waals surface area contributed by atoms with Gasteiger partial charge in [0.2, 0.25) is 0 Å². The number of carbonyl (C=O) groups is 1. The topological polar surface area (TPSA) is 17.1 Å². The Labute approximate surface area is 105 Å². The van der Waals surface area contributed by atoms with Crippen molar-refractivity contribution in [2.45, 2.75) is 59.3 Å². The second kappa shape index (κ2) is 5.48. The number of fused-ring (bicyclic) bond motifs is 1. The smallest absolute Gasteiger partial charge is 0.137 e. The van der Waals surface area contributed by atoms with Crippen LogP contribution in [-0.4, -0.2) is 5.78 Å². The lowest BCUT2D eigenvalue weighted by Crippen LogP contribution is -2.16. The molecule has 94 valence electrons. The number of aryl methyl sites for hydroxylation is 1. The largest absolute Gasteiger partial charge is 0.299 e. The highest BCUT2D eigenvalue weighted by Crippen LogP contribution is 2.27. The summed E-state index contributed by atoms with van der Waals surface area (Å²) in [4.78, 5) is 11.4. The molecule has 0 fully saturated rings. The normalized spacial score (nSPS) is 14.8. The highest BCUT2D eigenvalue weighted by molar-refractivity contribution is 5.83. The van der Waals surface area contributed by atoms with Crippen molar-refractivity contribution in [2.24, 2.45) is 0 Å². The van der Waals surface area contributed by atoms with Crippen LogP contribution in [0.15, 0.2) is 18.2 Å². The van der Waals surface area contributed by atoms with Crippen molar-refractivity contribution >= 4 is 5.78 Å². The molecule has 0 N–H and O–H groups in total. The van der Waals surface area contributed by atoms with Crippen molar-refractivity contribution in [1.29, 1.82) is 0 Å². The number of benzene rings is 1. The lowest BCUT2D eigenvalue weighted by atomic mass is 9.82. The van der Waals surface area contributed by atoms with Crippen LogP contribution in [-0.2, 0) is 23.1 Å². The fraction of sp³-hybridized carbons (Fsp3) is 0.562. The summed E-state index contributed by atoms with van der Waals surface area (Å²) in [7, 11) is 0. The first-order valence-corrected chi connectivity index (χ1v) is 6.61. The maximum absolute atomic E-state index is 11.4. The summed E-state index contributed by atoms with van der Waals surface area (Å²) < 4.78 is 0. The summed E-state index contributed by atoms with van der Waals surface area (Å²) in [5.41, 5.74) is 4.12. The lowest BCUT2D eigenvalue weighted by Gasteiger charge is -2.23. The zero-order chi connectivity index (χ0) is 13.1. The molecule has 0 atom stereocenters. The molecule has 0 unspecified atom stereocenters. The number of hydrogen-bond acceptors (Lipinski definition) is 1. The van der Waals surface area contributed by atoms with Crippen molar-refractivity contribution in [1.82, 2.24) is 0 Å². The molecule has 0 heterocycles. The molecular formula is C16H24O. The third-order valence-electron chi connectivity index (χ3n) is 3.13. The van der Waals surface area contributed by atoms with Gasteiger partial charge < -0.3 is 0 Å². The minimum absolute atomic E-state index is 0.176.